The van der Waals surface area contributed by atoms with Crippen molar-refractivity contribution in [3.05, 3.63) is 56.5 Å². The quantitative estimate of drug-likeness (QED) is 0.310. The minimum atomic E-state index is -0.194. The minimum absolute atomic E-state index is 0.108. The van der Waals surface area contributed by atoms with Gasteiger partial charge in [0.1, 0.15) is 11.9 Å². The number of carbonyl (C=O) groups excluding carboxylic acids is 1. The van der Waals surface area contributed by atoms with Gasteiger partial charge in [0.2, 0.25) is 0 Å². The third-order valence-corrected chi connectivity index (χ3v) is 10.9. The highest BCUT2D eigenvalue weighted by Crippen LogP contribution is 2.38. The topological polar surface area (TPSA) is 99.4 Å². The fourth-order valence-electron chi connectivity index (χ4n) is 8.13. The highest BCUT2D eigenvalue weighted by molar-refractivity contribution is 5.97. The van der Waals surface area contributed by atoms with E-state index in [0.29, 0.717) is 29.3 Å². The number of likely N-dealkylation sites (N-methyl/N-ethyl adjacent to an activating group) is 1. The van der Waals surface area contributed by atoms with E-state index in [0.717, 1.165) is 99.6 Å². The number of carbonyl (C=O) groups is 1. The number of methoxy groups -OCH3 is 1. The van der Waals surface area contributed by atoms with Crippen molar-refractivity contribution in [2.45, 2.75) is 123 Å². The van der Waals surface area contributed by atoms with Gasteiger partial charge >= 0.3 is 0 Å². The van der Waals surface area contributed by atoms with Gasteiger partial charge < -0.3 is 34.3 Å². The molecule has 1 aliphatic heterocycles. The molecule has 2 N–H and O–H groups in total. The zero-order valence-corrected chi connectivity index (χ0v) is 30.6. The van der Waals surface area contributed by atoms with Crippen LogP contribution in [0.2, 0.25) is 0 Å². The molecule has 0 radical (unpaired) electrons. The van der Waals surface area contributed by atoms with Crippen molar-refractivity contribution in [3.8, 4) is 5.75 Å². The Morgan fingerprint density at radius 2 is 1.71 bits per heavy atom. The van der Waals surface area contributed by atoms with Gasteiger partial charge in [0.05, 0.1) is 18.8 Å². The molecule has 2 heterocycles. The van der Waals surface area contributed by atoms with Gasteiger partial charge in [-0.05, 0) is 97.5 Å². The number of anilines is 1. The summed E-state index contributed by atoms with van der Waals surface area (Å²) < 4.78 is 17.9. The SMILES string of the molecule is CCN(c1cc(O[C@H]2C[C@H](N3C[C@@H](C)O[C@@H](C)C3)C2)cc(C(=O)NCc2c(C)cc(C)[nH]c2=O)c1C)[C@H]1CC[C@H](N(C)CCOC)CC1. The molecule has 5 rings (SSSR count). The van der Waals surface area contributed by atoms with Crippen LogP contribution in [-0.4, -0.2) is 104 Å². The van der Waals surface area contributed by atoms with Crippen LogP contribution in [0.25, 0.3) is 0 Å². The Morgan fingerprint density at radius 3 is 2.33 bits per heavy atom. The summed E-state index contributed by atoms with van der Waals surface area (Å²) in [5, 5.41) is 3.06. The third kappa shape index (κ3) is 8.62. The smallest absolute Gasteiger partial charge is 0.253 e. The van der Waals surface area contributed by atoms with Crippen LogP contribution in [0.15, 0.2) is 23.0 Å². The van der Waals surface area contributed by atoms with Crippen LogP contribution in [0.4, 0.5) is 5.69 Å². The Labute approximate surface area is 287 Å². The third-order valence-electron chi connectivity index (χ3n) is 10.9. The number of rotatable bonds is 13. The molecule has 3 aliphatic rings. The fraction of sp³-hybridized carbons (Fsp3) is 0.684. The second-order valence-corrected chi connectivity index (χ2v) is 14.5. The number of aromatic nitrogens is 1. The number of hydrogen-bond acceptors (Lipinski definition) is 8. The standard InChI is InChI=1S/C38H59N5O5/c1-9-43(30-12-10-29(11-13-30)41(7)14-15-46-8)36-20-33(48-32-17-31(18-32)42-22-26(4)47-27(5)23-42)19-34(28(36)6)37(44)39-21-35-24(2)16-25(3)40-38(35)45/h16,19-20,26-27,29-32H,9-15,17-18,21-23H2,1-8H3,(H,39,44)(H,40,45)/t26-,27+,29-,30-,31-,32-. The lowest BCUT2D eigenvalue weighted by molar-refractivity contribution is -0.103. The first-order valence-corrected chi connectivity index (χ1v) is 18.1. The van der Waals surface area contributed by atoms with Crippen LogP contribution in [0.3, 0.4) is 0 Å². The van der Waals surface area contributed by atoms with Gasteiger partial charge in [0.15, 0.2) is 0 Å². The average molecular weight is 666 g/mol. The number of aromatic amines is 1. The van der Waals surface area contributed by atoms with Crippen LogP contribution in [0, 0.1) is 20.8 Å². The summed E-state index contributed by atoms with van der Waals surface area (Å²) in [6, 6.07) is 7.45. The van der Waals surface area contributed by atoms with Crippen molar-refractivity contribution < 1.29 is 19.0 Å². The summed E-state index contributed by atoms with van der Waals surface area (Å²) in [6.45, 7) is 16.9. The average Bonchev–Trinajstić information content (AvgIpc) is 3.02. The number of amides is 1. The van der Waals surface area contributed by atoms with E-state index < -0.39 is 0 Å². The lowest BCUT2D eigenvalue weighted by Gasteiger charge is -2.47. The van der Waals surface area contributed by atoms with Crippen molar-refractivity contribution in [2.75, 3.05) is 51.8 Å². The number of morpholine rings is 1. The van der Waals surface area contributed by atoms with E-state index in [-0.39, 0.29) is 36.3 Å². The molecule has 1 amide bonds. The number of nitrogens with one attached hydrogen (secondary N) is 2. The monoisotopic (exact) mass is 665 g/mol. The molecular formula is C38H59N5O5. The van der Waals surface area contributed by atoms with E-state index in [9.17, 15) is 9.59 Å². The minimum Gasteiger partial charge on any atom is -0.490 e. The number of aryl methyl sites for hydroxylation is 2. The van der Waals surface area contributed by atoms with E-state index in [2.05, 4.69) is 58.9 Å². The molecule has 2 aromatic rings. The van der Waals surface area contributed by atoms with Crippen LogP contribution in [-0.2, 0) is 16.0 Å². The van der Waals surface area contributed by atoms with E-state index in [1.54, 1.807) is 7.11 Å². The van der Waals surface area contributed by atoms with Gasteiger partial charge in [0, 0.05) is 99.4 Å². The number of H-pyrrole nitrogens is 1. The maximum atomic E-state index is 13.9. The lowest BCUT2D eigenvalue weighted by atomic mass is 9.87. The number of ether oxygens (including phenoxy) is 3. The van der Waals surface area contributed by atoms with Crippen molar-refractivity contribution in [1.82, 2.24) is 20.1 Å². The molecule has 1 aromatic heterocycles. The molecule has 3 fully saturated rings. The van der Waals surface area contributed by atoms with Gasteiger partial charge in [-0.3, -0.25) is 14.5 Å². The molecule has 0 unspecified atom stereocenters. The van der Waals surface area contributed by atoms with Crippen molar-refractivity contribution >= 4 is 11.6 Å². The van der Waals surface area contributed by atoms with Crippen LogP contribution in [0.5, 0.6) is 5.75 Å². The Kier molecular flexibility index (Phi) is 12.3. The van der Waals surface area contributed by atoms with Gasteiger partial charge in [0.25, 0.3) is 11.5 Å². The number of nitrogens with zero attached hydrogens (tertiary/aromatic N) is 3. The first kappa shape index (κ1) is 36.4. The Hall–Kier alpha value is -2.92. The summed E-state index contributed by atoms with van der Waals surface area (Å²) >= 11 is 0. The molecule has 0 spiro atoms. The largest absolute Gasteiger partial charge is 0.490 e. The Balaban J connectivity index is 1.35. The predicted octanol–water partition coefficient (Wildman–Crippen LogP) is 4.96. The van der Waals surface area contributed by atoms with Crippen molar-refractivity contribution in [1.29, 1.82) is 0 Å². The zero-order chi connectivity index (χ0) is 34.5. The maximum absolute atomic E-state index is 13.9. The summed E-state index contributed by atoms with van der Waals surface area (Å²) in [6.07, 6.45) is 7.00. The molecule has 48 heavy (non-hydrogen) atoms. The van der Waals surface area contributed by atoms with E-state index in [4.69, 9.17) is 14.2 Å². The number of benzene rings is 1. The van der Waals surface area contributed by atoms with Crippen LogP contribution in [0.1, 0.15) is 92.0 Å². The molecule has 10 nitrogen and oxygen atoms in total. The molecule has 2 aliphatic carbocycles. The molecular weight excluding hydrogens is 606 g/mol. The van der Waals surface area contributed by atoms with Gasteiger partial charge in [-0.15, -0.1) is 0 Å². The maximum Gasteiger partial charge on any atom is 0.253 e. The molecule has 1 aromatic carbocycles. The highest BCUT2D eigenvalue weighted by atomic mass is 16.5. The summed E-state index contributed by atoms with van der Waals surface area (Å²) in [5.74, 6) is 0.546. The van der Waals surface area contributed by atoms with Crippen LogP contribution < -0.4 is 20.5 Å². The highest BCUT2D eigenvalue weighted by Gasteiger charge is 2.38. The van der Waals surface area contributed by atoms with E-state index in [1.165, 1.54) is 0 Å². The molecule has 2 atom stereocenters. The molecule has 0 bridgehead atoms. The molecule has 266 valence electrons. The summed E-state index contributed by atoms with van der Waals surface area (Å²) in [4.78, 5) is 36.9. The van der Waals surface area contributed by atoms with E-state index >= 15 is 0 Å². The van der Waals surface area contributed by atoms with Crippen molar-refractivity contribution in [2.24, 2.45) is 0 Å². The van der Waals surface area contributed by atoms with Gasteiger partial charge in [-0.2, -0.15) is 0 Å². The zero-order valence-electron chi connectivity index (χ0n) is 30.6. The van der Waals surface area contributed by atoms with Gasteiger partial charge in [-0.1, -0.05) is 0 Å². The Bertz CT molecular complexity index is 1440. The normalized spacial score (nSPS) is 26.3. The molecule has 1 saturated heterocycles. The summed E-state index contributed by atoms with van der Waals surface area (Å²) in [5.41, 5.74) is 4.70. The van der Waals surface area contributed by atoms with Gasteiger partial charge in [-0.25, -0.2) is 0 Å². The summed E-state index contributed by atoms with van der Waals surface area (Å²) in [7, 11) is 3.96. The van der Waals surface area contributed by atoms with Crippen molar-refractivity contribution in [3.63, 3.8) is 0 Å². The number of pyridine rings is 1. The number of hydrogen-bond donors (Lipinski definition) is 2. The fourth-order valence-corrected chi connectivity index (χ4v) is 8.13. The first-order chi connectivity index (χ1) is 23.0. The first-order valence-electron chi connectivity index (χ1n) is 18.1. The Morgan fingerprint density at radius 1 is 1.04 bits per heavy atom. The molecule has 2 saturated carbocycles. The second kappa shape index (κ2) is 16.2. The van der Waals surface area contributed by atoms with E-state index in [1.807, 2.05) is 32.9 Å². The molecule has 10 heteroatoms. The van der Waals surface area contributed by atoms with Crippen LogP contribution >= 0.6 is 0 Å². The lowest BCUT2D eigenvalue weighted by Crippen LogP contribution is -2.56. The predicted molar refractivity (Wildman–Crippen MR) is 191 cm³/mol. The second-order valence-electron chi connectivity index (χ2n) is 14.5.